The lowest BCUT2D eigenvalue weighted by molar-refractivity contribution is 0.419. The summed E-state index contributed by atoms with van der Waals surface area (Å²) in [5.74, 6) is -4.40. The lowest BCUT2D eigenvalue weighted by atomic mass is 10.3. The molecule has 2 rings (SSSR count). The Morgan fingerprint density at radius 1 is 1.24 bits per heavy atom. The summed E-state index contributed by atoms with van der Waals surface area (Å²) < 4.78 is 64.7. The fourth-order valence-corrected chi connectivity index (χ4v) is 2.80. The number of hydrogen-bond acceptors (Lipinski definition) is 4. The number of aromatic nitrogens is 3. The number of aromatic amines is 1. The zero-order valence-electron chi connectivity index (χ0n) is 11.1. The molecule has 0 unspecified atom stereocenters. The number of sulfonamides is 1. The van der Waals surface area contributed by atoms with Gasteiger partial charge in [-0.3, -0.25) is 5.10 Å². The third-order valence-corrected chi connectivity index (χ3v) is 4.52. The van der Waals surface area contributed by atoms with E-state index in [9.17, 15) is 21.6 Å². The lowest BCUT2D eigenvalue weighted by Crippen LogP contribution is -2.28. The molecule has 0 amide bonds. The molecule has 0 bridgehead atoms. The first-order chi connectivity index (χ1) is 9.73. The minimum atomic E-state index is -4.34. The highest BCUT2D eigenvalue weighted by molar-refractivity contribution is 7.89. The average molecular weight is 320 g/mol. The number of rotatable bonds is 4. The van der Waals surface area contributed by atoms with Gasteiger partial charge in [-0.2, -0.15) is 9.40 Å². The first-order valence-corrected chi connectivity index (χ1v) is 7.15. The van der Waals surface area contributed by atoms with Gasteiger partial charge in [-0.25, -0.2) is 26.6 Å². The summed E-state index contributed by atoms with van der Waals surface area (Å²) in [4.78, 5) is 2.96. The molecule has 114 valence electrons. The van der Waals surface area contributed by atoms with E-state index in [4.69, 9.17) is 0 Å². The summed E-state index contributed by atoms with van der Waals surface area (Å²) in [6, 6.07) is 1.22. The number of hydrogen-bond donors (Lipinski definition) is 1. The van der Waals surface area contributed by atoms with E-state index in [1.807, 2.05) is 0 Å². The van der Waals surface area contributed by atoms with Gasteiger partial charge in [0, 0.05) is 7.05 Å². The Morgan fingerprint density at radius 2 is 1.90 bits per heavy atom. The Bertz CT molecular complexity index is 776. The van der Waals surface area contributed by atoms with Crippen LogP contribution >= 0.6 is 0 Å². The second kappa shape index (κ2) is 5.45. The first kappa shape index (κ1) is 15.4. The van der Waals surface area contributed by atoms with Crippen LogP contribution in [0.3, 0.4) is 0 Å². The highest BCUT2D eigenvalue weighted by Crippen LogP contribution is 2.22. The molecule has 0 aliphatic heterocycles. The molecule has 6 nitrogen and oxygen atoms in total. The molecule has 10 heteroatoms. The van der Waals surface area contributed by atoms with Gasteiger partial charge in [-0.1, -0.05) is 0 Å². The summed E-state index contributed by atoms with van der Waals surface area (Å²) in [6.45, 7) is 1.38. The van der Waals surface area contributed by atoms with Crippen LogP contribution in [0.2, 0.25) is 0 Å². The Hall–Kier alpha value is -1.94. The van der Waals surface area contributed by atoms with Crippen LogP contribution < -0.4 is 0 Å². The zero-order chi connectivity index (χ0) is 15.8. The summed E-state index contributed by atoms with van der Waals surface area (Å²) in [5.41, 5.74) is 0. The van der Waals surface area contributed by atoms with Gasteiger partial charge in [0.25, 0.3) is 0 Å². The molecule has 1 aromatic carbocycles. The topological polar surface area (TPSA) is 79.0 Å². The Kier molecular flexibility index (Phi) is 4.01. The van der Waals surface area contributed by atoms with Crippen molar-refractivity contribution in [2.24, 2.45) is 0 Å². The number of nitrogens with zero attached hydrogens (tertiary/aromatic N) is 3. The van der Waals surface area contributed by atoms with Gasteiger partial charge < -0.3 is 0 Å². The van der Waals surface area contributed by atoms with E-state index in [2.05, 4.69) is 15.2 Å². The molecule has 0 saturated carbocycles. The van der Waals surface area contributed by atoms with Crippen molar-refractivity contribution < 1.29 is 21.6 Å². The molecule has 1 heterocycles. The number of H-pyrrole nitrogens is 1. The van der Waals surface area contributed by atoms with Gasteiger partial charge >= 0.3 is 0 Å². The van der Waals surface area contributed by atoms with Gasteiger partial charge in [0.1, 0.15) is 10.7 Å². The van der Waals surface area contributed by atoms with Crippen molar-refractivity contribution in [1.82, 2.24) is 19.5 Å². The summed E-state index contributed by atoms with van der Waals surface area (Å²) in [6.07, 6.45) is 0. The summed E-state index contributed by atoms with van der Waals surface area (Å²) in [5, 5.41) is 6.27. The Labute approximate surface area is 118 Å². The van der Waals surface area contributed by atoms with E-state index < -0.39 is 32.4 Å². The van der Waals surface area contributed by atoms with Crippen LogP contribution in [0, 0.1) is 24.4 Å². The molecule has 0 radical (unpaired) electrons. The maximum absolute atomic E-state index is 13.6. The third kappa shape index (κ3) is 2.90. The normalized spacial score (nSPS) is 12.1. The predicted octanol–water partition coefficient (Wildman–Crippen LogP) is 1.35. The summed E-state index contributed by atoms with van der Waals surface area (Å²) >= 11 is 0. The SMILES string of the molecule is Cc1nc(CN(C)S(=O)(=O)c2ccc(F)c(F)c2F)n[nH]1. The molecular weight excluding hydrogens is 309 g/mol. The third-order valence-electron chi connectivity index (χ3n) is 2.70. The van der Waals surface area contributed by atoms with Crippen LogP contribution in [0.5, 0.6) is 0 Å². The van der Waals surface area contributed by atoms with E-state index in [0.29, 0.717) is 18.0 Å². The molecule has 0 atom stereocenters. The molecule has 21 heavy (non-hydrogen) atoms. The minimum absolute atomic E-state index is 0.168. The second-order valence-electron chi connectivity index (χ2n) is 4.27. The van der Waals surface area contributed by atoms with Gasteiger partial charge in [0.2, 0.25) is 10.0 Å². The first-order valence-electron chi connectivity index (χ1n) is 5.71. The molecular formula is C11H11F3N4O2S. The smallest absolute Gasteiger partial charge is 0.246 e. The van der Waals surface area contributed by atoms with Gasteiger partial charge in [0.05, 0.1) is 6.54 Å². The maximum Gasteiger partial charge on any atom is 0.246 e. The van der Waals surface area contributed by atoms with Crippen LogP contribution in [0.4, 0.5) is 13.2 Å². The highest BCUT2D eigenvalue weighted by Gasteiger charge is 2.28. The van der Waals surface area contributed by atoms with Crippen LogP contribution in [0.15, 0.2) is 17.0 Å². The fraction of sp³-hybridized carbons (Fsp3) is 0.273. The van der Waals surface area contributed by atoms with Crippen molar-refractivity contribution in [2.45, 2.75) is 18.4 Å². The number of aryl methyl sites for hydroxylation is 1. The minimum Gasteiger partial charge on any atom is -0.263 e. The molecule has 1 aromatic heterocycles. The summed E-state index contributed by atoms with van der Waals surface area (Å²) in [7, 11) is -3.19. The average Bonchev–Trinajstić information content (AvgIpc) is 2.81. The van der Waals surface area contributed by atoms with Crippen LogP contribution in [0.1, 0.15) is 11.6 Å². The van der Waals surface area contributed by atoms with E-state index in [1.165, 1.54) is 0 Å². The van der Waals surface area contributed by atoms with Crippen molar-refractivity contribution >= 4 is 10.0 Å². The van der Waals surface area contributed by atoms with Crippen molar-refractivity contribution in [2.75, 3.05) is 7.05 Å². The standard InChI is InChI=1S/C11H11F3N4O2S/c1-6-15-9(17-16-6)5-18(2)21(19,20)8-4-3-7(12)10(13)11(8)14/h3-4H,5H2,1-2H3,(H,15,16,17). The van der Waals surface area contributed by atoms with Crippen LogP contribution in [0.25, 0.3) is 0 Å². The zero-order valence-corrected chi connectivity index (χ0v) is 11.9. The Morgan fingerprint density at radius 3 is 2.48 bits per heavy atom. The number of benzene rings is 1. The van der Waals surface area contributed by atoms with Crippen molar-refractivity contribution in [1.29, 1.82) is 0 Å². The van der Waals surface area contributed by atoms with Crippen LogP contribution in [-0.4, -0.2) is 35.0 Å². The molecule has 0 saturated heterocycles. The maximum atomic E-state index is 13.6. The largest absolute Gasteiger partial charge is 0.263 e. The number of halogens is 3. The van der Waals surface area contributed by atoms with E-state index in [1.54, 1.807) is 6.92 Å². The monoisotopic (exact) mass is 320 g/mol. The predicted molar refractivity (Wildman–Crippen MR) is 66.1 cm³/mol. The van der Waals surface area contributed by atoms with Crippen LogP contribution in [-0.2, 0) is 16.6 Å². The van der Waals surface area contributed by atoms with Crippen molar-refractivity contribution in [3.63, 3.8) is 0 Å². The van der Waals surface area contributed by atoms with Gasteiger partial charge in [-0.05, 0) is 19.1 Å². The molecule has 0 aliphatic rings. The molecule has 0 fully saturated rings. The van der Waals surface area contributed by atoms with Crippen molar-refractivity contribution in [3.05, 3.63) is 41.2 Å². The van der Waals surface area contributed by atoms with E-state index in [-0.39, 0.29) is 12.4 Å². The second-order valence-corrected chi connectivity index (χ2v) is 6.28. The molecule has 1 N–H and O–H groups in total. The quantitative estimate of drug-likeness (QED) is 0.863. The molecule has 0 aliphatic carbocycles. The fourth-order valence-electron chi connectivity index (χ4n) is 1.62. The van der Waals surface area contributed by atoms with Gasteiger partial charge in [-0.15, -0.1) is 0 Å². The van der Waals surface area contributed by atoms with E-state index in [0.717, 1.165) is 11.4 Å². The van der Waals surface area contributed by atoms with Crippen molar-refractivity contribution in [3.8, 4) is 0 Å². The molecule has 0 spiro atoms. The van der Waals surface area contributed by atoms with Gasteiger partial charge in [0.15, 0.2) is 23.3 Å². The molecule has 2 aromatic rings. The Balaban J connectivity index is 2.35. The van der Waals surface area contributed by atoms with E-state index >= 15 is 0 Å². The number of nitrogens with one attached hydrogen (secondary N) is 1. The lowest BCUT2D eigenvalue weighted by Gasteiger charge is -2.16. The highest BCUT2D eigenvalue weighted by atomic mass is 32.2.